The molecule has 0 unspecified atom stereocenters. The Morgan fingerprint density at radius 1 is 1.33 bits per heavy atom. The van der Waals surface area contributed by atoms with Gasteiger partial charge in [0.15, 0.2) is 0 Å². The van der Waals surface area contributed by atoms with Gasteiger partial charge in [0, 0.05) is 25.5 Å². The quantitative estimate of drug-likeness (QED) is 0.860. The lowest BCUT2D eigenvalue weighted by Crippen LogP contribution is -1.99. The molecule has 2 rings (SSSR count). The summed E-state index contributed by atoms with van der Waals surface area (Å²) < 4.78 is 1.81. The van der Waals surface area contributed by atoms with E-state index < -0.39 is 0 Å². The van der Waals surface area contributed by atoms with Crippen LogP contribution in [0.1, 0.15) is 16.8 Å². The lowest BCUT2D eigenvalue weighted by atomic mass is 10.2. The smallest absolute Gasteiger partial charge is 0.120 e. The van der Waals surface area contributed by atoms with Crippen molar-refractivity contribution < 1.29 is 5.11 Å². The monoisotopic (exact) mass is 241 g/mol. The molecule has 0 spiro atoms. The highest BCUT2D eigenvalue weighted by Crippen LogP contribution is 2.13. The van der Waals surface area contributed by atoms with E-state index in [4.69, 9.17) is 10.4 Å². The predicted octanol–water partition coefficient (Wildman–Crippen LogP) is 2.00. The maximum absolute atomic E-state index is 9.05. The van der Waals surface area contributed by atoms with E-state index in [2.05, 4.69) is 11.4 Å². The van der Waals surface area contributed by atoms with Crippen LogP contribution in [-0.2, 0) is 20.2 Å². The second-order valence-corrected chi connectivity index (χ2v) is 4.17. The molecule has 92 valence electrons. The first-order chi connectivity index (χ1) is 8.72. The van der Waals surface area contributed by atoms with E-state index in [1.165, 1.54) is 0 Å². The van der Waals surface area contributed by atoms with Crippen LogP contribution >= 0.6 is 0 Å². The Bertz CT molecular complexity index is 581. The molecule has 0 bridgehead atoms. The van der Waals surface area contributed by atoms with Crippen LogP contribution in [0, 0.1) is 11.3 Å². The zero-order chi connectivity index (χ0) is 13.0. The topological polar surface area (TPSA) is 61.0 Å². The predicted molar refractivity (Wildman–Crippen MR) is 69.8 cm³/mol. The Balaban J connectivity index is 2.04. The Morgan fingerprint density at radius 3 is 2.83 bits per heavy atom. The van der Waals surface area contributed by atoms with Crippen LogP contribution in [-0.4, -0.2) is 9.67 Å². The molecular weight excluding hydrogens is 226 g/mol. The number of anilines is 1. The van der Waals surface area contributed by atoms with Crippen molar-refractivity contribution in [2.24, 2.45) is 7.05 Å². The van der Waals surface area contributed by atoms with Crippen LogP contribution in [0.5, 0.6) is 0 Å². The molecule has 0 fully saturated rings. The molecule has 0 radical (unpaired) electrons. The normalized spacial score (nSPS) is 10.1. The Labute approximate surface area is 106 Å². The van der Waals surface area contributed by atoms with Gasteiger partial charge in [0.05, 0.1) is 6.61 Å². The minimum absolute atomic E-state index is 0.0411. The van der Waals surface area contributed by atoms with Gasteiger partial charge in [0.25, 0.3) is 0 Å². The molecular formula is C14H15N3O. The third-order valence-electron chi connectivity index (χ3n) is 2.78. The van der Waals surface area contributed by atoms with Crippen LogP contribution in [0.4, 0.5) is 5.69 Å². The van der Waals surface area contributed by atoms with Gasteiger partial charge in [0.2, 0.25) is 0 Å². The van der Waals surface area contributed by atoms with Crippen molar-refractivity contribution in [3.8, 4) is 6.07 Å². The standard InChI is InChI=1S/C14H15N3O/c1-17-9-12(6-14(17)7-15)8-16-13-4-2-3-11(5-13)10-18/h2-6,9,16,18H,8,10H2,1H3. The largest absolute Gasteiger partial charge is 0.392 e. The van der Waals surface area contributed by atoms with Gasteiger partial charge < -0.3 is 15.0 Å². The number of aromatic nitrogens is 1. The summed E-state index contributed by atoms with van der Waals surface area (Å²) in [6.07, 6.45) is 1.93. The van der Waals surface area contributed by atoms with Crippen molar-refractivity contribution in [3.63, 3.8) is 0 Å². The minimum atomic E-state index is 0.0411. The van der Waals surface area contributed by atoms with E-state index in [0.717, 1.165) is 16.8 Å². The number of nitrogens with one attached hydrogen (secondary N) is 1. The first kappa shape index (κ1) is 12.2. The maximum Gasteiger partial charge on any atom is 0.120 e. The molecule has 1 heterocycles. The van der Waals surface area contributed by atoms with E-state index in [-0.39, 0.29) is 6.61 Å². The number of aliphatic hydroxyl groups excluding tert-OH is 1. The maximum atomic E-state index is 9.05. The number of benzene rings is 1. The molecule has 0 amide bonds. The summed E-state index contributed by atoms with van der Waals surface area (Å²) in [7, 11) is 1.86. The number of rotatable bonds is 4. The van der Waals surface area contributed by atoms with Crippen molar-refractivity contribution in [1.29, 1.82) is 5.26 Å². The van der Waals surface area contributed by atoms with Gasteiger partial charge in [-0.05, 0) is 29.3 Å². The summed E-state index contributed by atoms with van der Waals surface area (Å²) in [5, 5.41) is 21.2. The summed E-state index contributed by atoms with van der Waals surface area (Å²) in [5.74, 6) is 0. The summed E-state index contributed by atoms with van der Waals surface area (Å²) in [4.78, 5) is 0. The van der Waals surface area contributed by atoms with Crippen molar-refractivity contribution >= 4 is 5.69 Å². The highest BCUT2D eigenvalue weighted by atomic mass is 16.3. The van der Waals surface area contributed by atoms with Gasteiger partial charge >= 0.3 is 0 Å². The first-order valence-corrected chi connectivity index (χ1v) is 5.72. The van der Waals surface area contributed by atoms with E-state index in [1.807, 2.05) is 43.6 Å². The molecule has 4 heteroatoms. The van der Waals surface area contributed by atoms with E-state index in [1.54, 1.807) is 4.57 Å². The number of aryl methyl sites for hydroxylation is 1. The van der Waals surface area contributed by atoms with Crippen molar-refractivity contribution in [3.05, 3.63) is 53.3 Å². The zero-order valence-corrected chi connectivity index (χ0v) is 10.2. The van der Waals surface area contributed by atoms with E-state index in [9.17, 15) is 0 Å². The van der Waals surface area contributed by atoms with Crippen LogP contribution < -0.4 is 5.32 Å². The van der Waals surface area contributed by atoms with E-state index in [0.29, 0.717) is 12.2 Å². The molecule has 0 saturated heterocycles. The van der Waals surface area contributed by atoms with Crippen LogP contribution in [0.2, 0.25) is 0 Å². The zero-order valence-electron chi connectivity index (χ0n) is 10.2. The fourth-order valence-corrected chi connectivity index (χ4v) is 1.82. The van der Waals surface area contributed by atoms with Gasteiger partial charge in [-0.25, -0.2) is 0 Å². The molecule has 2 N–H and O–H groups in total. The minimum Gasteiger partial charge on any atom is -0.392 e. The molecule has 1 aromatic heterocycles. The molecule has 2 aromatic rings. The third-order valence-corrected chi connectivity index (χ3v) is 2.78. The highest BCUT2D eigenvalue weighted by Gasteiger charge is 2.02. The number of nitrogens with zero attached hydrogens (tertiary/aromatic N) is 2. The van der Waals surface area contributed by atoms with Gasteiger partial charge in [-0.15, -0.1) is 0 Å². The molecule has 0 aliphatic carbocycles. The van der Waals surface area contributed by atoms with Gasteiger partial charge in [-0.3, -0.25) is 0 Å². The molecule has 18 heavy (non-hydrogen) atoms. The Morgan fingerprint density at radius 2 is 2.17 bits per heavy atom. The lowest BCUT2D eigenvalue weighted by molar-refractivity contribution is 0.282. The summed E-state index contributed by atoms with van der Waals surface area (Å²) in [6.45, 7) is 0.698. The second kappa shape index (κ2) is 5.39. The average Bonchev–Trinajstić information content (AvgIpc) is 2.77. The van der Waals surface area contributed by atoms with Gasteiger partial charge in [-0.2, -0.15) is 5.26 Å². The fourth-order valence-electron chi connectivity index (χ4n) is 1.82. The molecule has 0 aliphatic heterocycles. The van der Waals surface area contributed by atoms with Crippen molar-refractivity contribution in [2.45, 2.75) is 13.2 Å². The Kier molecular flexibility index (Phi) is 3.66. The molecule has 0 saturated carbocycles. The SMILES string of the molecule is Cn1cc(CNc2cccc(CO)c2)cc1C#N. The van der Waals surface area contributed by atoms with Crippen LogP contribution in [0.3, 0.4) is 0 Å². The van der Waals surface area contributed by atoms with Gasteiger partial charge in [0.1, 0.15) is 11.8 Å². The Hall–Kier alpha value is -2.25. The summed E-state index contributed by atoms with van der Waals surface area (Å²) >= 11 is 0. The van der Waals surface area contributed by atoms with Crippen molar-refractivity contribution in [1.82, 2.24) is 4.57 Å². The fraction of sp³-hybridized carbons (Fsp3) is 0.214. The number of hydrogen-bond donors (Lipinski definition) is 2. The first-order valence-electron chi connectivity index (χ1n) is 5.72. The molecule has 0 atom stereocenters. The van der Waals surface area contributed by atoms with E-state index >= 15 is 0 Å². The van der Waals surface area contributed by atoms with Gasteiger partial charge in [-0.1, -0.05) is 12.1 Å². The number of aliphatic hydroxyl groups is 1. The lowest BCUT2D eigenvalue weighted by Gasteiger charge is -2.06. The second-order valence-electron chi connectivity index (χ2n) is 4.17. The van der Waals surface area contributed by atoms with Crippen LogP contribution in [0.15, 0.2) is 36.5 Å². The molecule has 1 aromatic carbocycles. The summed E-state index contributed by atoms with van der Waals surface area (Å²) in [6, 6.07) is 11.6. The highest BCUT2D eigenvalue weighted by molar-refractivity contribution is 5.46. The van der Waals surface area contributed by atoms with Crippen molar-refractivity contribution in [2.75, 3.05) is 5.32 Å². The molecule has 4 nitrogen and oxygen atoms in total. The average molecular weight is 241 g/mol. The third kappa shape index (κ3) is 2.70. The number of hydrogen-bond acceptors (Lipinski definition) is 3. The number of nitriles is 1. The molecule has 0 aliphatic rings. The summed E-state index contributed by atoms with van der Waals surface area (Å²) in [5.41, 5.74) is 3.55. The van der Waals surface area contributed by atoms with Crippen LogP contribution in [0.25, 0.3) is 0 Å².